The highest BCUT2D eigenvalue weighted by Gasteiger charge is 2.38. The van der Waals surface area contributed by atoms with Crippen LogP contribution in [0.3, 0.4) is 0 Å². The van der Waals surface area contributed by atoms with Crippen molar-refractivity contribution in [3.05, 3.63) is 16.1 Å². The van der Waals surface area contributed by atoms with Crippen molar-refractivity contribution in [1.82, 2.24) is 20.5 Å². The minimum atomic E-state index is 0.111. The van der Waals surface area contributed by atoms with Crippen molar-refractivity contribution >= 4 is 17.3 Å². The van der Waals surface area contributed by atoms with E-state index in [2.05, 4.69) is 53.6 Å². The Bertz CT molecular complexity index is 584. The van der Waals surface area contributed by atoms with Gasteiger partial charge in [0.15, 0.2) is 5.96 Å². The van der Waals surface area contributed by atoms with Crippen LogP contribution < -0.4 is 10.6 Å². The zero-order valence-corrected chi connectivity index (χ0v) is 16.4. The quantitative estimate of drug-likeness (QED) is 0.648. The summed E-state index contributed by atoms with van der Waals surface area (Å²) in [5, 5.41) is 10.3. The number of nitrogens with one attached hydrogen (secondary N) is 2. The van der Waals surface area contributed by atoms with Gasteiger partial charge in [-0.05, 0) is 18.8 Å². The van der Waals surface area contributed by atoms with E-state index in [-0.39, 0.29) is 5.41 Å². The number of hydrogen-bond acceptors (Lipinski definition) is 4. The van der Waals surface area contributed by atoms with Crippen LogP contribution in [0.1, 0.15) is 51.2 Å². The third-order valence-corrected chi connectivity index (χ3v) is 5.83. The van der Waals surface area contributed by atoms with Crippen LogP contribution in [-0.2, 0) is 12.0 Å². The molecule has 1 aliphatic carbocycles. The third-order valence-electron chi connectivity index (χ3n) is 4.98. The summed E-state index contributed by atoms with van der Waals surface area (Å²) in [4.78, 5) is 11.8. The number of nitrogens with zero attached hydrogens (tertiary/aromatic N) is 3. The molecule has 0 bridgehead atoms. The molecule has 2 atom stereocenters. The van der Waals surface area contributed by atoms with Crippen LogP contribution in [-0.4, -0.2) is 48.1 Å². The molecule has 0 amide bonds. The zero-order valence-electron chi connectivity index (χ0n) is 15.6. The lowest BCUT2D eigenvalue weighted by Crippen LogP contribution is -2.46. The fraction of sp³-hybridized carbons (Fsp3) is 0.778. The molecule has 3 rings (SSSR count). The highest BCUT2D eigenvalue weighted by atomic mass is 32.1. The van der Waals surface area contributed by atoms with Gasteiger partial charge >= 0.3 is 0 Å². The smallest absolute Gasteiger partial charge is 0.191 e. The highest BCUT2D eigenvalue weighted by Crippen LogP contribution is 2.31. The van der Waals surface area contributed by atoms with Gasteiger partial charge in [-0.2, -0.15) is 0 Å². The van der Waals surface area contributed by atoms with Crippen LogP contribution in [0.15, 0.2) is 10.4 Å². The van der Waals surface area contributed by atoms with Gasteiger partial charge in [-0.15, -0.1) is 11.3 Å². The summed E-state index contributed by atoms with van der Waals surface area (Å²) in [5.41, 5.74) is 1.27. The Morgan fingerprint density at radius 1 is 1.38 bits per heavy atom. The molecule has 0 radical (unpaired) electrons. The number of aliphatic imine (C=N–C) groups is 1. The molecule has 5 nitrogen and oxygen atoms in total. The Morgan fingerprint density at radius 3 is 2.71 bits per heavy atom. The molecule has 1 aliphatic heterocycles. The summed E-state index contributed by atoms with van der Waals surface area (Å²) in [5.74, 6) is 1.55. The molecular weight excluding hydrogens is 318 g/mol. The van der Waals surface area contributed by atoms with E-state index in [4.69, 9.17) is 4.98 Å². The average molecular weight is 350 g/mol. The number of thiazole rings is 1. The van der Waals surface area contributed by atoms with Gasteiger partial charge < -0.3 is 10.6 Å². The van der Waals surface area contributed by atoms with Gasteiger partial charge in [0.25, 0.3) is 0 Å². The molecule has 2 heterocycles. The van der Waals surface area contributed by atoms with E-state index in [0.717, 1.165) is 35.8 Å². The zero-order chi connectivity index (χ0) is 17.3. The van der Waals surface area contributed by atoms with Crippen molar-refractivity contribution in [2.45, 2.75) is 64.6 Å². The largest absolute Gasteiger partial charge is 0.352 e. The predicted molar refractivity (Wildman–Crippen MR) is 102 cm³/mol. The van der Waals surface area contributed by atoms with Crippen LogP contribution in [0.25, 0.3) is 0 Å². The van der Waals surface area contributed by atoms with Gasteiger partial charge in [-0.3, -0.25) is 9.89 Å². The molecule has 1 saturated carbocycles. The van der Waals surface area contributed by atoms with Crippen LogP contribution in [0.2, 0.25) is 0 Å². The van der Waals surface area contributed by atoms with E-state index in [1.807, 2.05) is 7.05 Å². The molecule has 0 spiro atoms. The number of guanidine groups is 1. The number of aromatic nitrogens is 1. The minimum Gasteiger partial charge on any atom is -0.352 e. The van der Waals surface area contributed by atoms with Crippen molar-refractivity contribution in [2.75, 3.05) is 20.1 Å². The summed E-state index contributed by atoms with van der Waals surface area (Å²) in [6.45, 7) is 12.0. The normalized spacial score (nSPS) is 26.0. The Balaban J connectivity index is 1.51. The van der Waals surface area contributed by atoms with Crippen molar-refractivity contribution in [1.29, 1.82) is 0 Å². The standard InChI is InChI=1S/C18H31N5S/c1-12-9-23(13-6-7-13)10-14(12)21-17(19-5)20-8-16-22-15(11-24-16)18(2,3)4/h11-14H,6-10H2,1-5H3,(H2,19,20,21). The van der Waals surface area contributed by atoms with Gasteiger partial charge in [-0.1, -0.05) is 27.7 Å². The molecular formula is C18H31N5S. The second-order valence-corrected chi connectivity index (χ2v) is 9.16. The van der Waals surface area contributed by atoms with Crippen molar-refractivity contribution in [3.8, 4) is 0 Å². The second-order valence-electron chi connectivity index (χ2n) is 8.22. The van der Waals surface area contributed by atoms with Crippen molar-refractivity contribution < 1.29 is 0 Å². The first-order valence-electron chi connectivity index (χ1n) is 9.03. The summed E-state index contributed by atoms with van der Waals surface area (Å²) < 4.78 is 0. The summed E-state index contributed by atoms with van der Waals surface area (Å²) in [6, 6.07) is 1.33. The Labute approximate surface area is 150 Å². The van der Waals surface area contributed by atoms with E-state index in [0.29, 0.717) is 12.0 Å². The maximum Gasteiger partial charge on any atom is 0.191 e. The predicted octanol–water partition coefficient (Wildman–Crippen LogP) is 2.59. The fourth-order valence-corrected chi connectivity index (χ4v) is 4.16. The third kappa shape index (κ3) is 4.28. The van der Waals surface area contributed by atoms with E-state index in [1.165, 1.54) is 19.4 Å². The van der Waals surface area contributed by atoms with Crippen molar-refractivity contribution in [2.24, 2.45) is 10.9 Å². The van der Waals surface area contributed by atoms with Gasteiger partial charge in [0.2, 0.25) is 0 Å². The first kappa shape index (κ1) is 17.7. The monoisotopic (exact) mass is 349 g/mol. The molecule has 24 heavy (non-hydrogen) atoms. The van der Waals surface area contributed by atoms with E-state index in [1.54, 1.807) is 11.3 Å². The molecule has 1 aromatic rings. The van der Waals surface area contributed by atoms with Crippen molar-refractivity contribution in [3.63, 3.8) is 0 Å². The van der Waals surface area contributed by atoms with Gasteiger partial charge in [0, 0.05) is 43.0 Å². The molecule has 1 aromatic heterocycles. The summed E-state index contributed by atoms with van der Waals surface area (Å²) >= 11 is 1.72. The Hall–Kier alpha value is -1.14. The summed E-state index contributed by atoms with van der Waals surface area (Å²) in [7, 11) is 1.84. The lowest BCUT2D eigenvalue weighted by molar-refractivity contribution is 0.315. The summed E-state index contributed by atoms with van der Waals surface area (Å²) in [6.07, 6.45) is 2.76. The molecule has 134 valence electrons. The number of hydrogen-bond donors (Lipinski definition) is 2. The van der Waals surface area contributed by atoms with Crippen LogP contribution in [0, 0.1) is 5.92 Å². The molecule has 2 fully saturated rings. The van der Waals surface area contributed by atoms with E-state index < -0.39 is 0 Å². The second kappa shape index (κ2) is 7.00. The van der Waals surface area contributed by atoms with Gasteiger partial charge in [0.05, 0.1) is 12.2 Å². The minimum absolute atomic E-state index is 0.111. The first-order valence-corrected chi connectivity index (χ1v) is 9.91. The molecule has 2 unspecified atom stereocenters. The fourth-order valence-electron chi connectivity index (χ4n) is 3.20. The van der Waals surface area contributed by atoms with Gasteiger partial charge in [0.1, 0.15) is 5.01 Å². The average Bonchev–Trinajstić information content (AvgIpc) is 3.14. The van der Waals surface area contributed by atoms with Gasteiger partial charge in [-0.25, -0.2) is 4.98 Å². The Kier molecular flexibility index (Phi) is 5.16. The SMILES string of the molecule is CN=C(NCc1nc(C(C)(C)C)cs1)NC1CN(C2CC2)CC1C. The van der Waals surface area contributed by atoms with Crippen LogP contribution in [0.4, 0.5) is 0 Å². The maximum atomic E-state index is 4.74. The lowest BCUT2D eigenvalue weighted by atomic mass is 9.93. The first-order chi connectivity index (χ1) is 11.4. The Morgan fingerprint density at radius 2 is 2.12 bits per heavy atom. The molecule has 6 heteroatoms. The van der Waals surface area contributed by atoms with E-state index in [9.17, 15) is 0 Å². The van der Waals surface area contributed by atoms with Crippen LogP contribution in [0.5, 0.6) is 0 Å². The number of likely N-dealkylation sites (tertiary alicyclic amines) is 1. The maximum absolute atomic E-state index is 4.74. The van der Waals surface area contributed by atoms with Crippen LogP contribution >= 0.6 is 11.3 Å². The topological polar surface area (TPSA) is 52.6 Å². The molecule has 2 aliphatic rings. The van der Waals surface area contributed by atoms with E-state index >= 15 is 0 Å². The highest BCUT2D eigenvalue weighted by molar-refractivity contribution is 7.09. The number of rotatable bonds is 4. The lowest BCUT2D eigenvalue weighted by Gasteiger charge is -2.20. The molecule has 2 N–H and O–H groups in total. The molecule has 1 saturated heterocycles. The molecule has 0 aromatic carbocycles.